The highest BCUT2D eigenvalue weighted by Gasteiger charge is 2.10. The van der Waals surface area contributed by atoms with Gasteiger partial charge in [-0.1, -0.05) is 12.1 Å². The smallest absolute Gasteiger partial charge is 0.271 e. The van der Waals surface area contributed by atoms with Gasteiger partial charge in [0.25, 0.3) is 11.6 Å². The summed E-state index contributed by atoms with van der Waals surface area (Å²) in [4.78, 5) is 22.4. The van der Waals surface area contributed by atoms with E-state index >= 15 is 0 Å². The number of amides is 1. The first-order valence-corrected chi connectivity index (χ1v) is 6.78. The van der Waals surface area contributed by atoms with Crippen LogP contribution >= 0.6 is 0 Å². The molecule has 6 nitrogen and oxygen atoms in total. The molecule has 0 spiro atoms. The Labute approximate surface area is 127 Å². The number of ether oxygens (including phenoxy) is 1. The first-order valence-electron chi connectivity index (χ1n) is 6.78. The number of non-ortho nitro benzene ring substituents is 1. The van der Waals surface area contributed by atoms with Gasteiger partial charge < -0.3 is 10.1 Å². The molecular formula is C16H16N2O4. The molecule has 0 bridgehead atoms. The van der Waals surface area contributed by atoms with Crippen LogP contribution in [0.25, 0.3) is 0 Å². The van der Waals surface area contributed by atoms with Gasteiger partial charge in [0.2, 0.25) is 0 Å². The first-order chi connectivity index (χ1) is 10.5. The van der Waals surface area contributed by atoms with E-state index in [2.05, 4.69) is 5.32 Å². The molecule has 114 valence electrons. The van der Waals surface area contributed by atoms with Crippen molar-refractivity contribution in [2.45, 2.75) is 20.0 Å². The Morgan fingerprint density at radius 2 is 1.91 bits per heavy atom. The second-order valence-electron chi connectivity index (χ2n) is 4.96. The van der Waals surface area contributed by atoms with E-state index in [-0.39, 0.29) is 17.7 Å². The number of hydrogen-bond acceptors (Lipinski definition) is 4. The van der Waals surface area contributed by atoms with Gasteiger partial charge in [-0.05, 0) is 38.1 Å². The summed E-state index contributed by atoms with van der Waals surface area (Å²) in [6, 6.07) is 12.6. The zero-order chi connectivity index (χ0) is 16.1. The molecule has 0 aliphatic rings. The van der Waals surface area contributed by atoms with Crippen LogP contribution in [0.5, 0.6) is 5.75 Å². The molecule has 6 heteroatoms. The SMILES string of the molecule is CC(C)Oc1cccc(C(=O)Nc2cccc([N+](=O)[O-])c2)c1. The second-order valence-corrected chi connectivity index (χ2v) is 4.96. The quantitative estimate of drug-likeness (QED) is 0.675. The van der Waals surface area contributed by atoms with E-state index < -0.39 is 4.92 Å². The minimum atomic E-state index is -0.507. The Bertz CT molecular complexity index is 698. The lowest BCUT2D eigenvalue weighted by Crippen LogP contribution is -2.12. The molecule has 22 heavy (non-hydrogen) atoms. The van der Waals surface area contributed by atoms with Crippen LogP contribution in [0, 0.1) is 10.1 Å². The van der Waals surface area contributed by atoms with Crippen molar-refractivity contribution in [1.82, 2.24) is 0 Å². The largest absolute Gasteiger partial charge is 0.491 e. The highest BCUT2D eigenvalue weighted by molar-refractivity contribution is 6.04. The van der Waals surface area contributed by atoms with Gasteiger partial charge in [-0.3, -0.25) is 14.9 Å². The standard InChI is InChI=1S/C16H16N2O4/c1-11(2)22-15-8-3-5-12(9-15)16(19)17-13-6-4-7-14(10-13)18(20)21/h3-11H,1-2H3,(H,17,19). The van der Waals surface area contributed by atoms with Crippen LogP contribution < -0.4 is 10.1 Å². The van der Waals surface area contributed by atoms with Gasteiger partial charge in [0, 0.05) is 23.4 Å². The molecule has 0 saturated heterocycles. The lowest BCUT2D eigenvalue weighted by molar-refractivity contribution is -0.384. The summed E-state index contributed by atoms with van der Waals surface area (Å²) in [5.74, 6) is 0.247. The third-order valence-electron chi connectivity index (χ3n) is 2.78. The van der Waals surface area contributed by atoms with Crippen LogP contribution in [0.15, 0.2) is 48.5 Å². The summed E-state index contributed by atoms with van der Waals surface area (Å²) in [5, 5.41) is 13.4. The summed E-state index contributed by atoms with van der Waals surface area (Å²) in [6.45, 7) is 3.80. The molecule has 2 aromatic rings. The molecule has 0 heterocycles. The van der Waals surface area contributed by atoms with Gasteiger partial charge in [0.15, 0.2) is 0 Å². The van der Waals surface area contributed by atoms with Crippen molar-refractivity contribution >= 4 is 17.3 Å². The fraction of sp³-hybridized carbons (Fsp3) is 0.188. The number of carbonyl (C=O) groups is 1. The summed E-state index contributed by atoms with van der Waals surface area (Å²) >= 11 is 0. The van der Waals surface area contributed by atoms with Crippen molar-refractivity contribution in [3.63, 3.8) is 0 Å². The van der Waals surface area contributed by atoms with E-state index in [0.29, 0.717) is 17.0 Å². The van der Waals surface area contributed by atoms with Gasteiger partial charge in [-0.25, -0.2) is 0 Å². The number of hydrogen-bond donors (Lipinski definition) is 1. The molecule has 0 unspecified atom stereocenters. The van der Waals surface area contributed by atoms with E-state index in [0.717, 1.165) is 0 Å². The zero-order valence-electron chi connectivity index (χ0n) is 12.3. The number of nitro groups is 1. The summed E-state index contributed by atoms with van der Waals surface area (Å²) in [7, 11) is 0. The highest BCUT2D eigenvalue weighted by atomic mass is 16.6. The number of benzene rings is 2. The third kappa shape index (κ3) is 4.05. The van der Waals surface area contributed by atoms with E-state index in [1.54, 1.807) is 30.3 Å². The Hall–Kier alpha value is -2.89. The van der Waals surface area contributed by atoms with Crippen molar-refractivity contribution in [3.05, 3.63) is 64.2 Å². The average Bonchev–Trinajstić information content (AvgIpc) is 2.47. The Balaban J connectivity index is 2.15. The normalized spacial score (nSPS) is 10.3. The van der Waals surface area contributed by atoms with Crippen molar-refractivity contribution in [1.29, 1.82) is 0 Å². The van der Waals surface area contributed by atoms with E-state index in [1.165, 1.54) is 18.2 Å². The van der Waals surface area contributed by atoms with Crippen LogP contribution in [-0.2, 0) is 0 Å². The highest BCUT2D eigenvalue weighted by Crippen LogP contribution is 2.19. The predicted octanol–water partition coefficient (Wildman–Crippen LogP) is 3.63. The lowest BCUT2D eigenvalue weighted by atomic mass is 10.2. The van der Waals surface area contributed by atoms with Gasteiger partial charge in [-0.2, -0.15) is 0 Å². The van der Waals surface area contributed by atoms with E-state index in [9.17, 15) is 14.9 Å². The molecule has 0 aliphatic heterocycles. The van der Waals surface area contributed by atoms with Gasteiger partial charge in [-0.15, -0.1) is 0 Å². The molecule has 0 aliphatic carbocycles. The summed E-state index contributed by atoms with van der Waals surface area (Å²) < 4.78 is 5.54. The molecule has 1 amide bonds. The Morgan fingerprint density at radius 3 is 2.59 bits per heavy atom. The minimum Gasteiger partial charge on any atom is -0.491 e. The third-order valence-corrected chi connectivity index (χ3v) is 2.78. The van der Waals surface area contributed by atoms with Crippen molar-refractivity contribution in [3.8, 4) is 5.75 Å². The summed E-state index contributed by atoms with van der Waals surface area (Å²) in [5.41, 5.74) is 0.716. The van der Waals surface area contributed by atoms with E-state index in [4.69, 9.17) is 4.74 Å². The maximum Gasteiger partial charge on any atom is 0.271 e. The monoisotopic (exact) mass is 300 g/mol. The maximum absolute atomic E-state index is 12.2. The topological polar surface area (TPSA) is 81.5 Å². The average molecular weight is 300 g/mol. The summed E-state index contributed by atoms with van der Waals surface area (Å²) in [6.07, 6.45) is 0.00934. The minimum absolute atomic E-state index is 0.00934. The number of nitrogens with zero attached hydrogens (tertiary/aromatic N) is 1. The van der Waals surface area contributed by atoms with Crippen LogP contribution in [0.2, 0.25) is 0 Å². The fourth-order valence-electron chi connectivity index (χ4n) is 1.88. The maximum atomic E-state index is 12.2. The lowest BCUT2D eigenvalue weighted by Gasteiger charge is -2.11. The number of rotatable bonds is 5. The number of anilines is 1. The Kier molecular flexibility index (Phi) is 4.73. The predicted molar refractivity (Wildman–Crippen MR) is 83.3 cm³/mol. The molecular weight excluding hydrogens is 284 g/mol. The zero-order valence-corrected chi connectivity index (χ0v) is 12.3. The van der Waals surface area contributed by atoms with Gasteiger partial charge in [0.05, 0.1) is 11.0 Å². The molecule has 0 atom stereocenters. The van der Waals surface area contributed by atoms with Gasteiger partial charge >= 0.3 is 0 Å². The molecule has 2 aromatic carbocycles. The molecule has 1 N–H and O–H groups in total. The Morgan fingerprint density at radius 1 is 1.18 bits per heavy atom. The molecule has 0 radical (unpaired) electrons. The van der Waals surface area contributed by atoms with Gasteiger partial charge in [0.1, 0.15) is 5.75 Å². The second kappa shape index (κ2) is 6.71. The number of nitro benzene ring substituents is 1. The van der Waals surface area contributed by atoms with Crippen molar-refractivity contribution in [2.24, 2.45) is 0 Å². The molecule has 0 fully saturated rings. The first kappa shape index (κ1) is 15.5. The molecule has 2 rings (SSSR count). The molecule has 0 aromatic heterocycles. The van der Waals surface area contributed by atoms with Crippen LogP contribution in [0.4, 0.5) is 11.4 Å². The van der Waals surface area contributed by atoms with Crippen molar-refractivity contribution < 1.29 is 14.5 Å². The fourth-order valence-corrected chi connectivity index (χ4v) is 1.88. The number of nitrogens with one attached hydrogen (secondary N) is 1. The van der Waals surface area contributed by atoms with E-state index in [1.807, 2.05) is 13.8 Å². The van der Waals surface area contributed by atoms with Crippen molar-refractivity contribution in [2.75, 3.05) is 5.32 Å². The van der Waals surface area contributed by atoms with Crippen LogP contribution in [-0.4, -0.2) is 16.9 Å². The number of carbonyl (C=O) groups excluding carboxylic acids is 1. The molecule has 0 saturated carbocycles. The van der Waals surface area contributed by atoms with Crippen LogP contribution in [0.1, 0.15) is 24.2 Å². The van der Waals surface area contributed by atoms with Crippen LogP contribution in [0.3, 0.4) is 0 Å².